The second-order valence-corrected chi connectivity index (χ2v) is 9.16. The van der Waals surface area contributed by atoms with E-state index in [0.29, 0.717) is 10.9 Å². The molecule has 0 saturated carbocycles. The first-order valence-electron chi connectivity index (χ1n) is 6.18. The molecule has 1 unspecified atom stereocenters. The molecular weight excluding hydrogens is 366 g/mol. The first-order chi connectivity index (χ1) is 9.21. The van der Waals surface area contributed by atoms with E-state index < -0.39 is 21.4 Å². The Morgan fingerprint density at radius 2 is 2.20 bits per heavy atom. The van der Waals surface area contributed by atoms with Gasteiger partial charge in [0.25, 0.3) is 10.0 Å². The van der Waals surface area contributed by atoms with Crippen molar-refractivity contribution < 1.29 is 18.3 Å². The van der Waals surface area contributed by atoms with E-state index in [-0.39, 0.29) is 23.2 Å². The van der Waals surface area contributed by atoms with Gasteiger partial charge in [0, 0.05) is 17.6 Å². The summed E-state index contributed by atoms with van der Waals surface area (Å²) in [4.78, 5) is 11.6. The van der Waals surface area contributed by atoms with Crippen LogP contribution in [0.3, 0.4) is 0 Å². The van der Waals surface area contributed by atoms with E-state index in [4.69, 9.17) is 0 Å². The van der Waals surface area contributed by atoms with Gasteiger partial charge in [-0.25, -0.2) is 8.42 Å². The van der Waals surface area contributed by atoms with Crippen LogP contribution in [-0.2, 0) is 14.8 Å². The predicted molar refractivity (Wildman–Crippen MR) is 80.3 cm³/mol. The number of nitrogens with zero attached hydrogens (tertiary/aromatic N) is 1. The van der Waals surface area contributed by atoms with E-state index in [0.717, 1.165) is 11.3 Å². The number of carboxylic acid groups (broad SMARTS) is 1. The molecule has 0 aromatic carbocycles. The molecule has 0 aliphatic carbocycles. The molecule has 8 heteroatoms. The van der Waals surface area contributed by atoms with Crippen LogP contribution >= 0.6 is 27.3 Å². The summed E-state index contributed by atoms with van der Waals surface area (Å²) in [5.74, 6) is -1.04. The van der Waals surface area contributed by atoms with Gasteiger partial charge < -0.3 is 5.11 Å². The van der Waals surface area contributed by atoms with Crippen molar-refractivity contribution in [1.82, 2.24) is 4.31 Å². The van der Waals surface area contributed by atoms with Crippen LogP contribution in [0, 0.1) is 11.3 Å². The highest BCUT2D eigenvalue weighted by atomic mass is 79.9. The third-order valence-electron chi connectivity index (χ3n) is 3.96. The van der Waals surface area contributed by atoms with Gasteiger partial charge in [-0.2, -0.15) is 4.31 Å². The molecule has 1 saturated heterocycles. The van der Waals surface area contributed by atoms with E-state index >= 15 is 0 Å². The van der Waals surface area contributed by atoms with Gasteiger partial charge in [0.15, 0.2) is 0 Å². The SMILES string of the molecule is CC(C)C1(C(=O)O)CCN(S(=O)(=O)c2sccc2Br)C1. The Balaban J connectivity index is 2.34. The molecule has 0 bridgehead atoms. The molecule has 112 valence electrons. The quantitative estimate of drug-likeness (QED) is 0.869. The largest absolute Gasteiger partial charge is 0.481 e. The lowest BCUT2D eigenvalue weighted by atomic mass is 9.77. The van der Waals surface area contributed by atoms with E-state index in [2.05, 4.69) is 15.9 Å². The second-order valence-electron chi connectivity index (χ2n) is 5.26. The molecule has 2 rings (SSSR count). The zero-order chi connectivity index (χ0) is 15.1. The summed E-state index contributed by atoms with van der Waals surface area (Å²) in [5.41, 5.74) is -0.989. The topological polar surface area (TPSA) is 74.7 Å². The van der Waals surface area contributed by atoms with E-state index in [1.54, 1.807) is 11.4 Å². The lowest BCUT2D eigenvalue weighted by Gasteiger charge is -2.28. The molecule has 1 aliphatic rings. The number of thiophene rings is 1. The highest BCUT2D eigenvalue weighted by Crippen LogP contribution is 2.41. The van der Waals surface area contributed by atoms with Gasteiger partial charge in [0.1, 0.15) is 4.21 Å². The van der Waals surface area contributed by atoms with E-state index in [1.807, 2.05) is 13.8 Å². The Morgan fingerprint density at radius 1 is 1.55 bits per heavy atom. The molecule has 20 heavy (non-hydrogen) atoms. The lowest BCUT2D eigenvalue weighted by molar-refractivity contribution is -0.150. The summed E-state index contributed by atoms with van der Waals surface area (Å²) >= 11 is 4.36. The van der Waals surface area contributed by atoms with Crippen molar-refractivity contribution in [3.63, 3.8) is 0 Å². The third kappa shape index (κ3) is 2.43. The first-order valence-corrected chi connectivity index (χ1v) is 9.29. The number of carbonyl (C=O) groups is 1. The standard InChI is InChI=1S/C12H16BrNO4S2/c1-8(2)12(11(15)16)4-5-14(7-12)20(17,18)10-9(13)3-6-19-10/h3,6,8H,4-5,7H2,1-2H3,(H,15,16). The van der Waals surface area contributed by atoms with Gasteiger partial charge in [-0.3, -0.25) is 4.79 Å². The Hall–Kier alpha value is -0.440. The smallest absolute Gasteiger partial charge is 0.311 e. The summed E-state index contributed by atoms with van der Waals surface area (Å²) in [6, 6.07) is 1.68. The fourth-order valence-corrected chi connectivity index (χ4v) is 6.44. The minimum absolute atomic E-state index is 0.0344. The number of carboxylic acids is 1. The van der Waals surface area contributed by atoms with Gasteiger partial charge >= 0.3 is 5.97 Å². The third-order valence-corrected chi connectivity index (χ3v) is 8.45. The number of halogens is 1. The Morgan fingerprint density at radius 3 is 2.60 bits per heavy atom. The second kappa shape index (κ2) is 5.40. The maximum absolute atomic E-state index is 12.6. The van der Waals surface area contributed by atoms with Crippen molar-refractivity contribution in [2.75, 3.05) is 13.1 Å². The zero-order valence-electron chi connectivity index (χ0n) is 11.2. The summed E-state index contributed by atoms with van der Waals surface area (Å²) < 4.78 is 27.2. The molecule has 2 heterocycles. The Kier molecular flexibility index (Phi) is 4.30. The molecule has 1 atom stereocenters. The minimum Gasteiger partial charge on any atom is -0.481 e. The van der Waals surface area contributed by atoms with Crippen molar-refractivity contribution in [3.05, 3.63) is 15.9 Å². The number of hydrogen-bond acceptors (Lipinski definition) is 4. The first kappa shape index (κ1) is 15.9. The predicted octanol–water partition coefficient (Wildman–Crippen LogP) is 2.63. The number of hydrogen-bond donors (Lipinski definition) is 1. The highest BCUT2D eigenvalue weighted by molar-refractivity contribution is 9.10. The minimum atomic E-state index is -3.62. The van der Waals surface area contributed by atoms with Gasteiger partial charge in [0.05, 0.1) is 5.41 Å². The zero-order valence-corrected chi connectivity index (χ0v) is 14.4. The number of aliphatic carboxylic acids is 1. The van der Waals surface area contributed by atoms with Crippen molar-refractivity contribution in [2.45, 2.75) is 24.5 Å². The average molecular weight is 382 g/mol. The van der Waals surface area contributed by atoms with Gasteiger partial charge in [-0.15, -0.1) is 11.3 Å². The fourth-order valence-electron chi connectivity index (χ4n) is 2.48. The van der Waals surface area contributed by atoms with Crippen LogP contribution in [0.5, 0.6) is 0 Å². The van der Waals surface area contributed by atoms with E-state index in [1.165, 1.54) is 4.31 Å². The number of sulfonamides is 1. The summed E-state index contributed by atoms with van der Waals surface area (Å²) in [6.07, 6.45) is 0.349. The van der Waals surface area contributed by atoms with Crippen molar-refractivity contribution in [1.29, 1.82) is 0 Å². The molecule has 0 spiro atoms. The molecular formula is C12H16BrNO4S2. The maximum Gasteiger partial charge on any atom is 0.311 e. The number of rotatable bonds is 4. The van der Waals surface area contributed by atoms with Gasteiger partial charge in [-0.05, 0) is 39.7 Å². The molecule has 5 nitrogen and oxygen atoms in total. The maximum atomic E-state index is 12.6. The molecule has 1 fully saturated rings. The fraction of sp³-hybridized carbons (Fsp3) is 0.583. The molecule has 0 radical (unpaired) electrons. The van der Waals surface area contributed by atoms with Crippen molar-refractivity contribution >= 4 is 43.3 Å². The van der Waals surface area contributed by atoms with Crippen LogP contribution in [0.1, 0.15) is 20.3 Å². The monoisotopic (exact) mass is 381 g/mol. The molecule has 1 aromatic heterocycles. The van der Waals surface area contributed by atoms with Crippen LogP contribution < -0.4 is 0 Å². The lowest BCUT2D eigenvalue weighted by Crippen LogP contribution is -2.40. The van der Waals surface area contributed by atoms with Crippen LogP contribution in [0.25, 0.3) is 0 Å². The Bertz CT molecular complexity index is 625. The summed E-state index contributed by atoms with van der Waals surface area (Å²) in [6.45, 7) is 3.93. The molecule has 1 N–H and O–H groups in total. The van der Waals surface area contributed by atoms with Crippen molar-refractivity contribution in [3.8, 4) is 0 Å². The van der Waals surface area contributed by atoms with E-state index in [9.17, 15) is 18.3 Å². The Labute approximate surface area is 130 Å². The van der Waals surface area contributed by atoms with Gasteiger partial charge in [0.2, 0.25) is 0 Å². The average Bonchev–Trinajstić information content (AvgIpc) is 2.95. The van der Waals surface area contributed by atoms with Crippen LogP contribution in [0.15, 0.2) is 20.1 Å². The summed E-state index contributed by atoms with van der Waals surface area (Å²) in [7, 11) is -3.62. The van der Waals surface area contributed by atoms with Crippen LogP contribution in [-0.4, -0.2) is 36.9 Å². The summed E-state index contributed by atoms with van der Waals surface area (Å²) in [5, 5.41) is 11.2. The van der Waals surface area contributed by atoms with Crippen molar-refractivity contribution in [2.24, 2.45) is 11.3 Å². The normalized spacial score (nSPS) is 24.4. The molecule has 1 aliphatic heterocycles. The van der Waals surface area contributed by atoms with Crippen LogP contribution in [0.4, 0.5) is 0 Å². The molecule has 1 aromatic rings. The molecule has 0 amide bonds. The van der Waals surface area contributed by atoms with Crippen LogP contribution in [0.2, 0.25) is 0 Å². The van der Waals surface area contributed by atoms with Gasteiger partial charge in [-0.1, -0.05) is 13.8 Å². The highest BCUT2D eigenvalue weighted by Gasteiger charge is 2.50.